The van der Waals surface area contributed by atoms with Crippen LogP contribution in [0.4, 0.5) is 15.9 Å². The third-order valence-corrected chi connectivity index (χ3v) is 4.33. The van der Waals surface area contributed by atoms with Crippen LogP contribution in [0.2, 0.25) is 10.2 Å². The second-order valence-electron chi connectivity index (χ2n) is 5.14. The van der Waals surface area contributed by atoms with Gasteiger partial charge in [-0.15, -0.1) is 0 Å². The van der Waals surface area contributed by atoms with Crippen molar-refractivity contribution in [2.45, 2.75) is 18.6 Å². The van der Waals surface area contributed by atoms with Crippen LogP contribution in [0.15, 0.2) is 24.5 Å². The predicted molar refractivity (Wildman–Crippen MR) is 88.7 cm³/mol. The normalized spacial score (nSPS) is 20.5. The lowest BCUT2D eigenvalue weighted by atomic mass is 10.0. The van der Waals surface area contributed by atoms with Crippen molar-refractivity contribution in [3.63, 3.8) is 0 Å². The largest absolute Gasteiger partial charge is 0.383 e. The molecule has 8 heteroatoms. The number of aromatic nitrogens is 2. The number of ether oxygens (including phenoxy) is 1. The van der Waals surface area contributed by atoms with Gasteiger partial charge in [-0.1, -0.05) is 29.3 Å². The standard InChI is InChI=1S/C15H15Cl2FN4O/c1-19-12-14(17)20-7-21-15(12)22-11-4-5-23-13(11)8-2-3-9(16)10(18)6-8/h2-3,6-7,11,13,19H,4-5H2,1H3,(H,20,21,22). The fourth-order valence-electron chi connectivity index (χ4n) is 2.63. The van der Waals surface area contributed by atoms with Crippen molar-refractivity contribution in [3.8, 4) is 0 Å². The van der Waals surface area contributed by atoms with Crippen LogP contribution < -0.4 is 10.6 Å². The highest BCUT2D eigenvalue weighted by atomic mass is 35.5. The van der Waals surface area contributed by atoms with Gasteiger partial charge in [-0.3, -0.25) is 0 Å². The van der Waals surface area contributed by atoms with E-state index < -0.39 is 5.82 Å². The summed E-state index contributed by atoms with van der Waals surface area (Å²) in [6.45, 7) is 0.570. The quantitative estimate of drug-likeness (QED) is 0.813. The molecule has 3 rings (SSSR count). The smallest absolute Gasteiger partial charge is 0.157 e. The highest BCUT2D eigenvalue weighted by molar-refractivity contribution is 6.32. The molecule has 0 saturated carbocycles. The van der Waals surface area contributed by atoms with Gasteiger partial charge in [0.05, 0.1) is 11.1 Å². The topological polar surface area (TPSA) is 59.1 Å². The minimum absolute atomic E-state index is 0.0614. The Morgan fingerprint density at radius 3 is 2.87 bits per heavy atom. The average molecular weight is 357 g/mol. The molecule has 2 heterocycles. The Hall–Kier alpha value is -1.63. The van der Waals surface area contributed by atoms with Gasteiger partial charge in [-0.25, -0.2) is 14.4 Å². The van der Waals surface area contributed by atoms with Crippen molar-refractivity contribution < 1.29 is 9.13 Å². The summed E-state index contributed by atoms with van der Waals surface area (Å²) in [6, 6.07) is 4.64. The van der Waals surface area contributed by atoms with Gasteiger partial charge in [0.25, 0.3) is 0 Å². The predicted octanol–water partition coefficient (Wildman–Crippen LogP) is 3.91. The van der Waals surface area contributed by atoms with Crippen LogP contribution in [0, 0.1) is 5.82 Å². The highest BCUT2D eigenvalue weighted by Gasteiger charge is 2.31. The monoisotopic (exact) mass is 356 g/mol. The summed E-state index contributed by atoms with van der Waals surface area (Å²) in [5, 5.41) is 6.70. The minimum atomic E-state index is -0.459. The number of hydrogen-bond donors (Lipinski definition) is 2. The summed E-state index contributed by atoms with van der Waals surface area (Å²) in [6.07, 6.45) is 1.86. The molecule has 0 radical (unpaired) electrons. The average Bonchev–Trinajstić information content (AvgIpc) is 2.98. The van der Waals surface area contributed by atoms with Gasteiger partial charge >= 0.3 is 0 Å². The van der Waals surface area contributed by atoms with Crippen LogP contribution >= 0.6 is 23.2 Å². The summed E-state index contributed by atoms with van der Waals surface area (Å²) >= 11 is 11.8. The van der Waals surface area contributed by atoms with Crippen LogP contribution in [-0.4, -0.2) is 29.7 Å². The van der Waals surface area contributed by atoms with Crippen molar-refractivity contribution in [1.82, 2.24) is 9.97 Å². The molecule has 1 fully saturated rings. The summed E-state index contributed by atoms with van der Waals surface area (Å²) in [5.41, 5.74) is 1.34. The molecule has 1 aliphatic rings. The fourth-order valence-corrected chi connectivity index (χ4v) is 2.97. The Balaban J connectivity index is 1.85. The molecule has 2 aromatic rings. The van der Waals surface area contributed by atoms with Crippen LogP contribution in [0.1, 0.15) is 18.1 Å². The molecular weight excluding hydrogens is 342 g/mol. The Morgan fingerprint density at radius 2 is 2.13 bits per heavy atom. The third-order valence-electron chi connectivity index (χ3n) is 3.74. The van der Waals surface area contributed by atoms with Crippen molar-refractivity contribution in [2.75, 3.05) is 24.3 Å². The number of nitrogens with zero attached hydrogens (tertiary/aromatic N) is 2. The minimum Gasteiger partial charge on any atom is -0.383 e. The van der Waals surface area contributed by atoms with Gasteiger partial charge in [0, 0.05) is 13.7 Å². The van der Waals surface area contributed by atoms with E-state index in [0.29, 0.717) is 23.3 Å². The zero-order valence-corrected chi connectivity index (χ0v) is 13.8. The van der Waals surface area contributed by atoms with Crippen molar-refractivity contribution in [2.24, 2.45) is 0 Å². The van der Waals surface area contributed by atoms with Gasteiger partial charge in [-0.05, 0) is 24.1 Å². The Bertz CT molecular complexity index is 716. The first-order valence-electron chi connectivity index (χ1n) is 7.11. The number of halogens is 3. The van der Waals surface area contributed by atoms with E-state index in [-0.39, 0.29) is 17.2 Å². The maximum absolute atomic E-state index is 13.7. The number of nitrogens with one attached hydrogen (secondary N) is 2. The molecule has 2 unspecified atom stereocenters. The summed E-state index contributed by atoms with van der Waals surface area (Å²) in [7, 11) is 1.74. The molecule has 1 aliphatic heterocycles. The van der Waals surface area contributed by atoms with E-state index in [9.17, 15) is 4.39 Å². The van der Waals surface area contributed by atoms with Gasteiger partial charge < -0.3 is 15.4 Å². The Labute approximate surface area is 143 Å². The first-order chi connectivity index (χ1) is 11.1. The van der Waals surface area contributed by atoms with E-state index in [1.165, 1.54) is 18.5 Å². The molecule has 23 heavy (non-hydrogen) atoms. The molecule has 1 aromatic heterocycles. The third kappa shape index (κ3) is 3.34. The van der Waals surface area contributed by atoms with Gasteiger partial charge in [0.2, 0.25) is 0 Å². The molecule has 0 amide bonds. The van der Waals surface area contributed by atoms with Gasteiger partial charge in [0.15, 0.2) is 11.0 Å². The van der Waals surface area contributed by atoms with E-state index in [4.69, 9.17) is 27.9 Å². The maximum Gasteiger partial charge on any atom is 0.157 e. The first-order valence-corrected chi connectivity index (χ1v) is 7.87. The van der Waals surface area contributed by atoms with Crippen molar-refractivity contribution in [1.29, 1.82) is 0 Å². The molecule has 0 aliphatic carbocycles. The first kappa shape index (κ1) is 16.2. The van der Waals surface area contributed by atoms with E-state index in [2.05, 4.69) is 20.6 Å². The molecule has 1 saturated heterocycles. The molecule has 2 N–H and O–H groups in total. The zero-order chi connectivity index (χ0) is 16.4. The summed E-state index contributed by atoms with van der Waals surface area (Å²) in [5.74, 6) is 0.127. The Morgan fingerprint density at radius 1 is 1.30 bits per heavy atom. The second kappa shape index (κ2) is 6.86. The van der Waals surface area contributed by atoms with E-state index in [1.807, 2.05) is 0 Å². The van der Waals surface area contributed by atoms with Crippen molar-refractivity contribution in [3.05, 3.63) is 46.1 Å². The summed E-state index contributed by atoms with van der Waals surface area (Å²) < 4.78 is 19.5. The fraction of sp³-hybridized carbons (Fsp3) is 0.333. The Kier molecular flexibility index (Phi) is 4.84. The molecular formula is C15H15Cl2FN4O. The van der Waals surface area contributed by atoms with E-state index in [1.54, 1.807) is 13.1 Å². The van der Waals surface area contributed by atoms with Gasteiger partial charge in [-0.2, -0.15) is 0 Å². The lowest BCUT2D eigenvalue weighted by Gasteiger charge is -2.22. The van der Waals surface area contributed by atoms with Gasteiger partial charge in [0.1, 0.15) is 23.9 Å². The number of benzene rings is 1. The number of anilines is 2. The second-order valence-corrected chi connectivity index (χ2v) is 5.91. The SMILES string of the molecule is CNc1c(Cl)ncnc1NC1CCOC1c1ccc(Cl)c(F)c1. The summed E-state index contributed by atoms with van der Waals surface area (Å²) in [4.78, 5) is 8.15. The van der Waals surface area contributed by atoms with Crippen LogP contribution in [0.5, 0.6) is 0 Å². The molecule has 1 aromatic carbocycles. The zero-order valence-electron chi connectivity index (χ0n) is 12.3. The number of hydrogen-bond acceptors (Lipinski definition) is 5. The van der Waals surface area contributed by atoms with Crippen LogP contribution in [0.3, 0.4) is 0 Å². The molecule has 0 bridgehead atoms. The molecule has 0 spiro atoms. The van der Waals surface area contributed by atoms with Crippen LogP contribution in [-0.2, 0) is 4.74 Å². The molecule has 122 valence electrons. The lowest BCUT2D eigenvalue weighted by molar-refractivity contribution is 0.107. The lowest BCUT2D eigenvalue weighted by Crippen LogP contribution is -2.24. The van der Waals surface area contributed by atoms with E-state index in [0.717, 1.165) is 12.0 Å². The van der Waals surface area contributed by atoms with Crippen LogP contribution in [0.25, 0.3) is 0 Å². The van der Waals surface area contributed by atoms with E-state index >= 15 is 0 Å². The van der Waals surface area contributed by atoms with Crippen molar-refractivity contribution >= 4 is 34.7 Å². The highest BCUT2D eigenvalue weighted by Crippen LogP contribution is 2.35. The maximum atomic E-state index is 13.7. The number of rotatable bonds is 4. The molecule has 5 nitrogen and oxygen atoms in total. The molecule has 2 atom stereocenters.